The average molecular weight is 893 g/mol. The predicted molar refractivity (Wildman–Crippen MR) is 297 cm³/mol. The Morgan fingerprint density at radius 2 is 0.600 bits per heavy atom. The first-order valence-corrected chi connectivity index (χ1v) is 24.0. The van der Waals surface area contributed by atoms with E-state index in [1.807, 2.05) is 0 Å². The minimum absolute atomic E-state index is 1.10. The number of hydrogen-bond donors (Lipinski definition) is 0. The molecule has 0 aliphatic heterocycles. The first-order valence-electron chi connectivity index (χ1n) is 24.0. The zero-order valence-corrected chi connectivity index (χ0v) is 38.2. The summed E-state index contributed by atoms with van der Waals surface area (Å²) in [6.07, 6.45) is 0. The van der Waals surface area contributed by atoms with Crippen LogP contribution in [0.15, 0.2) is 267 Å². The summed E-state index contributed by atoms with van der Waals surface area (Å²) in [4.78, 5) is 4.82. The molecule has 2 heterocycles. The van der Waals surface area contributed by atoms with Gasteiger partial charge in [0.15, 0.2) is 0 Å². The lowest BCUT2D eigenvalue weighted by molar-refractivity contribution is 1.18. The molecule has 70 heavy (non-hydrogen) atoms. The van der Waals surface area contributed by atoms with Crippen molar-refractivity contribution in [2.24, 2.45) is 0 Å². The number of para-hydroxylation sites is 6. The molecule has 0 aliphatic rings. The van der Waals surface area contributed by atoms with Crippen LogP contribution in [-0.2, 0) is 0 Å². The zero-order valence-electron chi connectivity index (χ0n) is 38.2. The fraction of sp³-hybridized carbons (Fsp3) is 0. The van der Waals surface area contributed by atoms with Crippen molar-refractivity contribution in [1.82, 2.24) is 9.13 Å². The first kappa shape index (κ1) is 39.8. The normalized spacial score (nSPS) is 11.7. The van der Waals surface area contributed by atoms with Gasteiger partial charge in [-0.3, -0.25) is 0 Å². The number of anilines is 6. The van der Waals surface area contributed by atoms with Crippen molar-refractivity contribution in [2.75, 3.05) is 9.80 Å². The highest BCUT2D eigenvalue weighted by Crippen LogP contribution is 2.45. The van der Waals surface area contributed by atoms with E-state index in [1.165, 1.54) is 75.9 Å². The molecule has 0 fully saturated rings. The van der Waals surface area contributed by atoms with Crippen molar-refractivity contribution >= 4 is 110 Å². The number of aromatic nitrogens is 2. The van der Waals surface area contributed by atoms with Gasteiger partial charge >= 0.3 is 0 Å². The van der Waals surface area contributed by atoms with E-state index >= 15 is 0 Å². The molecule has 2 aromatic heterocycles. The fourth-order valence-electron chi connectivity index (χ4n) is 11.1. The Hall–Kier alpha value is -9.38. The molecular weight excluding hydrogens is 849 g/mol. The van der Waals surface area contributed by atoms with Crippen LogP contribution >= 0.6 is 0 Å². The lowest BCUT2D eigenvalue weighted by Crippen LogP contribution is -2.10. The third-order valence-electron chi connectivity index (χ3n) is 14.2. The van der Waals surface area contributed by atoms with Crippen molar-refractivity contribution in [1.29, 1.82) is 0 Å². The molecular formula is C66H44N4. The van der Waals surface area contributed by atoms with Gasteiger partial charge in [0.1, 0.15) is 0 Å². The standard InChI is InChI=1S/C66H44N4/c1-5-18-46(19-6-1)67(51-35-40-65-60(43-51)56-26-13-15-29-63(56)69(65)48-22-9-3-10-23-48)50-34-32-45-33-37-54-53-28-17-31-62(58(53)39-38-55(54)59(45)42-50)68(47-20-7-2-8-21-47)52-36-41-66-61(44-52)57-27-14-16-30-64(57)70(66)49-24-11-4-12-25-49/h1-44H. The Kier molecular flexibility index (Phi) is 9.17. The molecule has 14 rings (SSSR count). The molecule has 4 heteroatoms. The number of hydrogen-bond acceptors (Lipinski definition) is 2. The van der Waals surface area contributed by atoms with E-state index in [9.17, 15) is 0 Å². The second kappa shape index (κ2) is 16.2. The van der Waals surface area contributed by atoms with Gasteiger partial charge in [-0.25, -0.2) is 0 Å². The maximum Gasteiger partial charge on any atom is 0.0542 e. The smallest absolute Gasteiger partial charge is 0.0542 e. The minimum atomic E-state index is 1.10. The maximum atomic E-state index is 2.42. The molecule has 0 aliphatic carbocycles. The van der Waals surface area contributed by atoms with Crippen LogP contribution in [0, 0.1) is 0 Å². The number of rotatable bonds is 8. The monoisotopic (exact) mass is 892 g/mol. The Morgan fingerprint density at radius 3 is 1.19 bits per heavy atom. The van der Waals surface area contributed by atoms with Crippen LogP contribution < -0.4 is 9.80 Å². The summed E-state index contributed by atoms with van der Waals surface area (Å²) >= 11 is 0. The molecule has 0 saturated heterocycles. The zero-order chi connectivity index (χ0) is 46.1. The highest BCUT2D eigenvalue weighted by Gasteiger charge is 2.21. The van der Waals surface area contributed by atoms with Crippen LogP contribution in [0.5, 0.6) is 0 Å². The number of benzene rings is 12. The van der Waals surface area contributed by atoms with Gasteiger partial charge in [0.25, 0.3) is 0 Å². The van der Waals surface area contributed by atoms with Crippen LogP contribution in [0.3, 0.4) is 0 Å². The fourth-order valence-corrected chi connectivity index (χ4v) is 11.1. The van der Waals surface area contributed by atoms with Crippen molar-refractivity contribution in [2.45, 2.75) is 0 Å². The van der Waals surface area contributed by atoms with Crippen LogP contribution in [0.2, 0.25) is 0 Å². The highest BCUT2D eigenvalue weighted by molar-refractivity contribution is 6.21. The van der Waals surface area contributed by atoms with Crippen LogP contribution in [0.4, 0.5) is 34.1 Å². The van der Waals surface area contributed by atoms with E-state index < -0.39 is 0 Å². The molecule has 12 aromatic carbocycles. The van der Waals surface area contributed by atoms with E-state index in [2.05, 4.69) is 286 Å². The topological polar surface area (TPSA) is 16.3 Å². The van der Waals surface area contributed by atoms with E-state index in [0.717, 1.165) is 45.5 Å². The van der Waals surface area contributed by atoms with Gasteiger partial charge in [0.2, 0.25) is 0 Å². The quantitative estimate of drug-likeness (QED) is 0.141. The molecule has 0 saturated carbocycles. The van der Waals surface area contributed by atoms with Gasteiger partial charge in [-0.2, -0.15) is 0 Å². The lowest BCUT2D eigenvalue weighted by atomic mass is 9.95. The van der Waals surface area contributed by atoms with Crippen molar-refractivity contribution < 1.29 is 0 Å². The third kappa shape index (κ3) is 6.31. The molecule has 0 spiro atoms. The molecule has 328 valence electrons. The van der Waals surface area contributed by atoms with Crippen LogP contribution in [0.25, 0.3) is 87.3 Å². The maximum absolute atomic E-state index is 2.42. The summed E-state index contributed by atoms with van der Waals surface area (Å²) in [6.45, 7) is 0. The molecule has 0 N–H and O–H groups in total. The van der Waals surface area contributed by atoms with Crippen molar-refractivity contribution in [3.63, 3.8) is 0 Å². The Morgan fingerprint density at radius 1 is 0.214 bits per heavy atom. The highest BCUT2D eigenvalue weighted by atomic mass is 15.2. The molecule has 4 nitrogen and oxygen atoms in total. The largest absolute Gasteiger partial charge is 0.310 e. The van der Waals surface area contributed by atoms with E-state index in [4.69, 9.17) is 0 Å². The number of fused-ring (bicyclic) bond motifs is 11. The van der Waals surface area contributed by atoms with Gasteiger partial charge in [-0.15, -0.1) is 0 Å². The van der Waals surface area contributed by atoms with E-state index in [1.54, 1.807) is 0 Å². The van der Waals surface area contributed by atoms with Gasteiger partial charge in [0.05, 0.1) is 27.8 Å². The van der Waals surface area contributed by atoms with Crippen LogP contribution in [-0.4, -0.2) is 9.13 Å². The Bertz CT molecular complexity index is 4280. The third-order valence-corrected chi connectivity index (χ3v) is 14.2. The molecule has 0 bridgehead atoms. The second-order valence-electron chi connectivity index (χ2n) is 18.1. The van der Waals surface area contributed by atoms with Gasteiger partial charge in [-0.1, -0.05) is 152 Å². The molecule has 0 amide bonds. The second-order valence-corrected chi connectivity index (χ2v) is 18.1. The van der Waals surface area contributed by atoms with Crippen LogP contribution in [0.1, 0.15) is 0 Å². The summed E-state index contributed by atoms with van der Waals surface area (Å²) in [7, 11) is 0. The van der Waals surface area contributed by atoms with Gasteiger partial charge in [-0.05, 0) is 142 Å². The molecule has 0 unspecified atom stereocenters. The summed E-state index contributed by atoms with van der Waals surface area (Å²) in [5.74, 6) is 0. The average Bonchev–Trinajstić information content (AvgIpc) is 3.94. The van der Waals surface area contributed by atoms with E-state index in [-0.39, 0.29) is 0 Å². The summed E-state index contributed by atoms with van der Waals surface area (Å²) in [6, 6.07) is 97.2. The van der Waals surface area contributed by atoms with Crippen molar-refractivity contribution in [3.05, 3.63) is 267 Å². The Balaban J connectivity index is 0.928. The predicted octanol–water partition coefficient (Wildman–Crippen LogP) is 18.3. The van der Waals surface area contributed by atoms with Gasteiger partial charge in [0, 0.05) is 66.7 Å². The Labute approximate surface area is 405 Å². The lowest BCUT2D eigenvalue weighted by Gasteiger charge is -2.27. The first-order chi connectivity index (χ1) is 34.7. The molecule has 0 radical (unpaired) electrons. The van der Waals surface area contributed by atoms with Gasteiger partial charge < -0.3 is 18.9 Å². The molecule has 14 aromatic rings. The number of nitrogens with zero attached hydrogens (tertiary/aromatic N) is 4. The van der Waals surface area contributed by atoms with E-state index in [0.29, 0.717) is 0 Å². The summed E-state index contributed by atoms with van der Waals surface area (Å²) < 4.78 is 4.76. The molecule has 0 atom stereocenters. The van der Waals surface area contributed by atoms with Crippen molar-refractivity contribution in [3.8, 4) is 11.4 Å². The summed E-state index contributed by atoms with van der Waals surface area (Å²) in [5, 5.41) is 12.2. The SMILES string of the molecule is c1ccc(N(c2ccc3ccc4c5cccc(N(c6ccccc6)c6ccc7c(c6)c6ccccc6n7-c6ccccc6)c5ccc4c3c2)c2ccc3c(c2)c2ccccc2n3-c2ccccc2)cc1. The minimum Gasteiger partial charge on any atom is -0.310 e. The summed E-state index contributed by atoms with van der Waals surface area (Å²) in [5.41, 5.74) is 13.7.